The smallest absolute Gasteiger partial charge is 0.276 e. The molecule has 1 saturated heterocycles. The number of carbonyl (C=O) groups is 1. The van der Waals surface area contributed by atoms with E-state index in [1.54, 1.807) is 12.1 Å². The molecule has 1 fully saturated rings. The van der Waals surface area contributed by atoms with Crippen molar-refractivity contribution in [2.24, 2.45) is 0 Å². The molecule has 0 radical (unpaired) electrons. The lowest BCUT2D eigenvalue weighted by molar-refractivity contribution is 0.0670. The fraction of sp³-hybridized carbons (Fsp3) is 0.273. The van der Waals surface area contributed by atoms with Gasteiger partial charge in [-0.15, -0.1) is 0 Å². The van der Waals surface area contributed by atoms with Crippen molar-refractivity contribution >= 4 is 5.91 Å². The van der Waals surface area contributed by atoms with E-state index in [4.69, 9.17) is 4.52 Å². The van der Waals surface area contributed by atoms with E-state index >= 15 is 0 Å². The summed E-state index contributed by atoms with van der Waals surface area (Å²) in [4.78, 5) is 15.0. The second-order valence-corrected chi connectivity index (χ2v) is 6.86. The van der Waals surface area contributed by atoms with Crippen molar-refractivity contribution in [2.75, 3.05) is 6.54 Å². The summed E-state index contributed by atoms with van der Waals surface area (Å²) in [6, 6.07) is 17.6. The van der Waals surface area contributed by atoms with Crippen LogP contribution >= 0.6 is 0 Å². The fourth-order valence-electron chi connectivity index (χ4n) is 3.67. The van der Waals surface area contributed by atoms with Gasteiger partial charge in [-0.3, -0.25) is 4.79 Å². The van der Waals surface area contributed by atoms with Gasteiger partial charge in [0.05, 0.1) is 6.04 Å². The molecule has 5 heteroatoms. The molecule has 27 heavy (non-hydrogen) atoms. The molecule has 138 valence electrons. The minimum Gasteiger partial charge on any atom is -0.355 e. The Morgan fingerprint density at radius 1 is 1.04 bits per heavy atom. The van der Waals surface area contributed by atoms with Crippen LogP contribution in [0.3, 0.4) is 0 Å². The number of nitrogens with zero attached hydrogens (tertiary/aromatic N) is 2. The molecule has 4 rings (SSSR count). The highest BCUT2D eigenvalue weighted by atomic mass is 19.1. The summed E-state index contributed by atoms with van der Waals surface area (Å²) in [7, 11) is 0. The first-order valence-corrected chi connectivity index (χ1v) is 9.31. The Labute approximate surface area is 157 Å². The van der Waals surface area contributed by atoms with Gasteiger partial charge in [0.2, 0.25) is 0 Å². The van der Waals surface area contributed by atoms with Crippen LogP contribution in [0.5, 0.6) is 0 Å². The molecule has 1 aliphatic heterocycles. The molecule has 1 amide bonds. The van der Waals surface area contributed by atoms with Gasteiger partial charge in [-0.05, 0) is 30.5 Å². The zero-order valence-electron chi connectivity index (χ0n) is 15.0. The SMILES string of the molecule is O=C(c1cc(-c2ccccc2)on1)N1CCCCC[C@H]1c1cccc(F)c1. The van der Waals surface area contributed by atoms with Gasteiger partial charge in [0.15, 0.2) is 11.5 Å². The van der Waals surface area contributed by atoms with Gasteiger partial charge < -0.3 is 9.42 Å². The lowest BCUT2D eigenvalue weighted by Crippen LogP contribution is -2.35. The van der Waals surface area contributed by atoms with Gasteiger partial charge in [-0.2, -0.15) is 0 Å². The second-order valence-electron chi connectivity index (χ2n) is 6.86. The minimum absolute atomic E-state index is 0.146. The van der Waals surface area contributed by atoms with Gasteiger partial charge in [0.1, 0.15) is 5.82 Å². The number of hydrogen-bond donors (Lipinski definition) is 0. The Balaban J connectivity index is 1.63. The molecular formula is C22H21FN2O2. The van der Waals surface area contributed by atoms with E-state index in [9.17, 15) is 9.18 Å². The van der Waals surface area contributed by atoms with Gasteiger partial charge in [0, 0.05) is 18.2 Å². The molecule has 0 saturated carbocycles. The van der Waals surface area contributed by atoms with Crippen LogP contribution in [0.2, 0.25) is 0 Å². The van der Waals surface area contributed by atoms with Crippen LogP contribution in [0.25, 0.3) is 11.3 Å². The lowest BCUT2D eigenvalue weighted by Gasteiger charge is -2.29. The first kappa shape index (κ1) is 17.5. The lowest BCUT2D eigenvalue weighted by atomic mass is 10.0. The highest BCUT2D eigenvalue weighted by Gasteiger charge is 2.29. The molecule has 0 N–H and O–H groups in total. The van der Waals surface area contributed by atoms with Crippen LogP contribution in [0.1, 0.15) is 47.8 Å². The van der Waals surface area contributed by atoms with Crippen molar-refractivity contribution in [3.63, 3.8) is 0 Å². The van der Waals surface area contributed by atoms with Crippen LogP contribution < -0.4 is 0 Å². The van der Waals surface area contributed by atoms with E-state index < -0.39 is 0 Å². The Morgan fingerprint density at radius 3 is 2.70 bits per heavy atom. The molecule has 2 heterocycles. The highest BCUT2D eigenvalue weighted by Crippen LogP contribution is 2.32. The summed E-state index contributed by atoms with van der Waals surface area (Å²) < 4.78 is 19.1. The van der Waals surface area contributed by atoms with Crippen molar-refractivity contribution in [3.05, 3.63) is 77.7 Å². The molecule has 1 aromatic heterocycles. The number of aromatic nitrogens is 1. The summed E-state index contributed by atoms with van der Waals surface area (Å²) in [5.41, 5.74) is 2.00. The Morgan fingerprint density at radius 2 is 1.89 bits per heavy atom. The monoisotopic (exact) mass is 364 g/mol. The molecule has 0 unspecified atom stereocenters. The molecule has 0 aliphatic carbocycles. The summed E-state index contributed by atoms with van der Waals surface area (Å²) in [6.07, 6.45) is 3.82. The topological polar surface area (TPSA) is 46.3 Å². The minimum atomic E-state index is -0.281. The Bertz CT molecular complexity index is 923. The third-order valence-electron chi connectivity index (χ3n) is 5.03. The van der Waals surface area contributed by atoms with Crippen molar-refractivity contribution < 1.29 is 13.7 Å². The van der Waals surface area contributed by atoms with Crippen molar-refractivity contribution in [2.45, 2.75) is 31.7 Å². The number of amides is 1. The number of benzene rings is 2. The van der Waals surface area contributed by atoms with E-state index in [1.165, 1.54) is 12.1 Å². The predicted molar refractivity (Wildman–Crippen MR) is 101 cm³/mol. The maximum Gasteiger partial charge on any atom is 0.276 e. The standard InChI is InChI=1S/C22H21FN2O2/c23-18-11-7-10-17(14-18)20-12-5-2-6-13-25(20)22(26)19-15-21(27-24-19)16-8-3-1-4-9-16/h1,3-4,7-11,14-15,20H,2,5-6,12-13H2/t20-/m0/s1. The molecular weight excluding hydrogens is 343 g/mol. The number of carbonyl (C=O) groups excluding carboxylic acids is 1. The molecule has 2 aromatic carbocycles. The first-order valence-electron chi connectivity index (χ1n) is 9.31. The Kier molecular flexibility index (Phi) is 5.01. The first-order chi connectivity index (χ1) is 13.2. The van der Waals surface area contributed by atoms with Crippen LogP contribution in [0.4, 0.5) is 4.39 Å². The summed E-state index contributed by atoms with van der Waals surface area (Å²) in [6.45, 7) is 0.632. The number of hydrogen-bond acceptors (Lipinski definition) is 3. The quantitative estimate of drug-likeness (QED) is 0.639. The molecule has 1 aliphatic rings. The van der Waals surface area contributed by atoms with E-state index in [1.807, 2.05) is 41.3 Å². The second kappa shape index (κ2) is 7.74. The molecule has 0 spiro atoms. The average molecular weight is 364 g/mol. The van der Waals surface area contributed by atoms with Crippen LogP contribution in [0.15, 0.2) is 65.2 Å². The third-order valence-corrected chi connectivity index (χ3v) is 5.03. The van der Waals surface area contributed by atoms with Crippen LogP contribution in [-0.4, -0.2) is 22.5 Å². The van der Waals surface area contributed by atoms with Crippen molar-refractivity contribution in [3.8, 4) is 11.3 Å². The molecule has 3 aromatic rings. The zero-order valence-corrected chi connectivity index (χ0v) is 15.0. The van der Waals surface area contributed by atoms with E-state index in [2.05, 4.69) is 5.16 Å². The number of likely N-dealkylation sites (tertiary alicyclic amines) is 1. The van der Waals surface area contributed by atoms with Gasteiger partial charge in [-0.25, -0.2) is 4.39 Å². The number of rotatable bonds is 3. The molecule has 4 nitrogen and oxygen atoms in total. The van der Waals surface area contributed by atoms with Crippen LogP contribution in [-0.2, 0) is 0 Å². The fourth-order valence-corrected chi connectivity index (χ4v) is 3.67. The van der Waals surface area contributed by atoms with Gasteiger partial charge >= 0.3 is 0 Å². The third kappa shape index (κ3) is 3.77. The van der Waals surface area contributed by atoms with E-state index in [-0.39, 0.29) is 23.5 Å². The maximum absolute atomic E-state index is 13.7. The van der Waals surface area contributed by atoms with Crippen molar-refractivity contribution in [1.82, 2.24) is 10.1 Å². The average Bonchev–Trinajstić information content (AvgIpc) is 3.06. The molecule has 0 bridgehead atoms. The van der Waals surface area contributed by atoms with Gasteiger partial charge in [-0.1, -0.05) is 60.5 Å². The van der Waals surface area contributed by atoms with Crippen molar-refractivity contribution in [1.29, 1.82) is 0 Å². The summed E-state index contributed by atoms with van der Waals surface area (Å²) in [5.74, 6) is 0.116. The zero-order chi connectivity index (χ0) is 18.6. The largest absolute Gasteiger partial charge is 0.355 e. The van der Waals surface area contributed by atoms with Gasteiger partial charge in [0.25, 0.3) is 5.91 Å². The number of halogens is 1. The Hall–Kier alpha value is -2.95. The highest BCUT2D eigenvalue weighted by molar-refractivity contribution is 5.93. The maximum atomic E-state index is 13.7. The van der Waals surface area contributed by atoms with E-state index in [0.717, 1.165) is 36.8 Å². The van der Waals surface area contributed by atoms with E-state index in [0.29, 0.717) is 12.3 Å². The van der Waals surface area contributed by atoms with Crippen LogP contribution in [0, 0.1) is 5.82 Å². The summed E-state index contributed by atoms with van der Waals surface area (Å²) in [5, 5.41) is 4.00. The normalized spacial score (nSPS) is 17.5. The summed E-state index contributed by atoms with van der Waals surface area (Å²) >= 11 is 0. The predicted octanol–water partition coefficient (Wildman–Crippen LogP) is 5.24. The molecule has 1 atom stereocenters.